The lowest BCUT2D eigenvalue weighted by molar-refractivity contribution is -0.124. The molecule has 7 nitrogen and oxygen atoms in total. The highest BCUT2D eigenvalue weighted by molar-refractivity contribution is 7.89. The Bertz CT molecular complexity index is 1100. The second kappa shape index (κ2) is 10.1. The third-order valence-electron chi connectivity index (χ3n) is 5.00. The van der Waals surface area contributed by atoms with Crippen LogP contribution in [0.3, 0.4) is 0 Å². The molecule has 1 aliphatic carbocycles. The van der Waals surface area contributed by atoms with Crippen LogP contribution in [0.5, 0.6) is 0 Å². The molecular weight excluding hydrogens is 449 g/mol. The van der Waals surface area contributed by atoms with Gasteiger partial charge in [-0.3, -0.25) is 4.79 Å². The first-order valence-corrected chi connectivity index (χ1v) is 11.3. The fraction of sp³-hybridized carbons (Fsp3) is 0.333. The lowest BCUT2D eigenvalue weighted by Gasteiger charge is -2.12. The van der Waals surface area contributed by atoms with Crippen LogP contribution in [-0.2, 0) is 26.1 Å². The maximum atomic E-state index is 13.8. The Kier molecular flexibility index (Phi) is 7.52. The van der Waals surface area contributed by atoms with Crippen molar-refractivity contribution in [3.63, 3.8) is 0 Å². The Hall–Kier alpha value is -2.92. The van der Waals surface area contributed by atoms with Crippen LogP contribution in [0.2, 0.25) is 0 Å². The topological polar surface area (TPSA) is 102 Å². The van der Waals surface area contributed by atoms with Crippen molar-refractivity contribution in [3.8, 4) is 0 Å². The maximum Gasteiger partial charge on any atom is 0.338 e. The van der Waals surface area contributed by atoms with Gasteiger partial charge in [0.2, 0.25) is 10.0 Å². The van der Waals surface area contributed by atoms with E-state index in [1.54, 1.807) is 0 Å². The van der Waals surface area contributed by atoms with Crippen molar-refractivity contribution in [2.45, 2.75) is 43.2 Å². The second-order valence-corrected chi connectivity index (χ2v) is 9.06. The van der Waals surface area contributed by atoms with Crippen LogP contribution in [-0.4, -0.2) is 32.9 Å². The van der Waals surface area contributed by atoms with Gasteiger partial charge in [-0.1, -0.05) is 25.0 Å². The highest BCUT2D eigenvalue weighted by atomic mass is 32.2. The first-order chi connectivity index (χ1) is 15.2. The van der Waals surface area contributed by atoms with Gasteiger partial charge in [-0.05, 0) is 42.7 Å². The fourth-order valence-electron chi connectivity index (χ4n) is 3.28. The molecule has 1 amide bonds. The Labute approximate surface area is 183 Å². The highest BCUT2D eigenvalue weighted by Crippen LogP contribution is 2.20. The van der Waals surface area contributed by atoms with Crippen LogP contribution in [0.1, 0.15) is 41.6 Å². The van der Waals surface area contributed by atoms with Crippen LogP contribution in [0.25, 0.3) is 0 Å². The summed E-state index contributed by atoms with van der Waals surface area (Å²) >= 11 is 0. The molecule has 0 radical (unpaired) electrons. The Balaban J connectivity index is 1.53. The van der Waals surface area contributed by atoms with Gasteiger partial charge in [0.25, 0.3) is 5.91 Å². The van der Waals surface area contributed by atoms with E-state index in [-0.39, 0.29) is 24.1 Å². The molecule has 0 aromatic heterocycles. The summed E-state index contributed by atoms with van der Waals surface area (Å²) in [7, 11) is -4.45. The summed E-state index contributed by atoms with van der Waals surface area (Å²) in [6, 6.07) is 6.86. The fourth-order valence-corrected chi connectivity index (χ4v) is 4.37. The molecule has 1 aliphatic rings. The van der Waals surface area contributed by atoms with E-state index in [1.807, 2.05) is 0 Å². The van der Waals surface area contributed by atoms with Crippen molar-refractivity contribution in [3.05, 3.63) is 65.0 Å². The number of carbonyl (C=O) groups is 2. The third kappa shape index (κ3) is 5.86. The minimum absolute atomic E-state index is 0.115. The summed E-state index contributed by atoms with van der Waals surface area (Å²) < 4.78 is 71.5. The second-order valence-electron chi connectivity index (χ2n) is 7.32. The van der Waals surface area contributed by atoms with Crippen LogP contribution in [0, 0.1) is 17.5 Å². The number of sulfonamides is 1. The molecule has 0 spiro atoms. The van der Waals surface area contributed by atoms with Crippen LogP contribution >= 0.6 is 0 Å². The molecule has 0 saturated heterocycles. The zero-order chi connectivity index (χ0) is 23.3. The Morgan fingerprint density at radius 3 is 2.28 bits per heavy atom. The molecule has 0 heterocycles. The van der Waals surface area contributed by atoms with Crippen molar-refractivity contribution in [1.82, 2.24) is 10.0 Å². The summed E-state index contributed by atoms with van der Waals surface area (Å²) in [6.07, 6.45) is 3.94. The van der Waals surface area contributed by atoms with Crippen molar-refractivity contribution in [2.24, 2.45) is 0 Å². The van der Waals surface area contributed by atoms with Gasteiger partial charge in [0.1, 0.15) is 4.90 Å². The molecule has 3 rings (SSSR count). The number of ether oxygens (including phenoxy) is 1. The van der Waals surface area contributed by atoms with Gasteiger partial charge in [0.15, 0.2) is 24.1 Å². The smallest absolute Gasteiger partial charge is 0.338 e. The summed E-state index contributed by atoms with van der Waals surface area (Å²) in [5.74, 6) is -6.29. The minimum Gasteiger partial charge on any atom is -0.452 e. The largest absolute Gasteiger partial charge is 0.452 e. The highest BCUT2D eigenvalue weighted by Gasteiger charge is 2.24. The quantitative estimate of drug-likeness (QED) is 0.456. The van der Waals surface area contributed by atoms with Gasteiger partial charge in [-0.2, -0.15) is 0 Å². The first kappa shape index (κ1) is 23.7. The van der Waals surface area contributed by atoms with E-state index in [1.165, 1.54) is 24.3 Å². The third-order valence-corrected chi connectivity index (χ3v) is 6.42. The molecule has 2 aromatic rings. The lowest BCUT2D eigenvalue weighted by Crippen LogP contribution is -2.35. The van der Waals surface area contributed by atoms with E-state index < -0.39 is 44.9 Å². The van der Waals surface area contributed by atoms with E-state index in [4.69, 9.17) is 4.74 Å². The number of hydrogen-bond donors (Lipinski definition) is 2. The number of amides is 1. The molecule has 0 atom stereocenters. The Morgan fingerprint density at radius 1 is 0.969 bits per heavy atom. The molecule has 0 bridgehead atoms. The SMILES string of the molecule is O=C(COC(=O)c1ccc(CNS(=O)(=O)c2ccc(F)c(F)c2F)cc1)NC1CCCC1. The summed E-state index contributed by atoms with van der Waals surface area (Å²) in [4.78, 5) is 22.9. The number of nitrogens with one attached hydrogen (secondary N) is 2. The van der Waals surface area contributed by atoms with E-state index in [9.17, 15) is 31.2 Å². The monoisotopic (exact) mass is 470 g/mol. The molecule has 2 N–H and O–H groups in total. The molecule has 1 fully saturated rings. The summed E-state index contributed by atoms with van der Waals surface area (Å²) in [6.45, 7) is -0.698. The van der Waals surface area contributed by atoms with Gasteiger partial charge in [-0.15, -0.1) is 0 Å². The predicted octanol–water partition coefficient (Wildman–Crippen LogP) is 2.80. The number of carbonyl (C=O) groups excluding carboxylic acids is 2. The van der Waals surface area contributed by atoms with Gasteiger partial charge in [0.05, 0.1) is 5.56 Å². The normalized spacial score (nSPS) is 14.3. The molecule has 2 aromatic carbocycles. The molecule has 0 aliphatic heterocycles. The predicted molar refractivity (Wildman–Crippen MR) is 107 cm³/mol. The molecule has 32 heavy (non-hydrogen) atoms. The van der Waals surface area contributed by atoms with E-state index in [2.05, 4.69) is 10.0 Å². The van der Waals surface area contributed by atoms with E-state index >= 15 is 0 Å². The number of benzene rings is 2. The zero-order valence-electron chi connectivity index (χ0n) is 16.9. The van der Waals surface area contributed by atoms with Gasteiger partial charge >= 0.3 is 5.97 Å². The average molecular weight is 470 g/mol. The Morgan fingerprint density at radius 2 is 1.62 bits per heavy atom. The van der Waals surface area contributed by atoms with E-state index in [0.29, 0.717) is 17.7 Å². The lowest BCUT2D eigenvalue weighted by atomic mass is 10.1. The average Bonchev–Trinajstić information content (AvgIpc) is 3.27. The zero-order valence-corrected chi connectivity index (χ0v) is 17.7. The standard InChI is InChI=1S/C21H21F3N2O5S/c22-16-9-10-17(20(24)19(16)23)32(29,30)25-11-13-5-7-14(8-6-13)21(28)31-12-18(27)26-15-3-1-2-4-15/h5-10,15,25H,1-4,11-12H2,(H,26,27). The molecule has 1 saturated carbocycles. The van der Waals surface area contributed by atoms with Crippen molar-refractivity contribution in [1.29, 1.82) is 0 Å². The molecule has 0 unspecified atom stereocenters. The molecule has 11 heteroatoms. The molecule has 172 valence electrons. The maximum absolute atomic E-state index is 13.8. The first-order valence-electron chi connectivity index (χ1n) is 9.86. The van der Waals surface area contributed by atoms with Crippen molar-refractivity contribution in [2.75, 3.05) is 6.61 Å². The van der Waals surface area contributed by atoms with Crippen LogP contribution in [0.4, 0.5) is 13.2 Å². The van der Waals surface area contributed by atoms with Crippen LogP contribution < -0.4 is 10.0 Å². The molecular formula is C21H21F3N2O5S. The van der Waals surface area contributed by atoms with Gasteiger partial charge in [0, 0.05) is 12.6 Å². The van der Waals surface area contributed by atoms with Crippen LogP contribution in [0.15, 0.2) is 41.3 Å². The number of rotatable bonds is 8. The summed E-state index contributed by atoms with van der Waals surface area (Å²) in [5.41, 5.74) is 0.559. The summed E-state index contributed by atoms with van der Waals surface area (Å²) in [5, 5.41) is 2.80. The van der Waals surface area contributed by atoms with Gasteiger partial charge in [-0.25, -0.2) is 31.1 Å². The van der Waals surface area contributed by atoms with Crippen molar-refractivity contribution >= 4 is 21.9 Å². The number of hydrogen-bond acceptors (Lipinski definition) is 5. The minimum atomic E-state index is -4.45. The van der Waals surface area contributed by atoms with E-state index in [0.717, 1.165) is 25.7 Å². The van der Waals surface area contributed by atoms with Crippen molar-refractivity contribution < 1.29 is 35.9 Å². The number of halogens is 3. The van der Waals surface area contributed by atoms with Gasteiger partial charge < -0.3 is 10.1 Å². The number of esters is 1.